The Morgan fingerprint density at radius 2 is 2.27 bits per heavy atom. The Labute approximate surface area is 89.1 Å². The molecule has 0 unspecified atom stereocenters. The molecular formula is C12H16N2O. The van der Waals surface area contributed by atoms with Crippen LogP contribution in [0.1, 0.15) is 37.2 Å². The van der Waals surface area contributed by atoms with Gasteiger partial charge in [-0.05, 0) is 20.8 Å². The number of carbonyl (C=O) groups is 1. The van der Waals surface area contributed by atoms with Gasteiger partial charge in [0.2, 0.25) is 0 Å². The topological polar surface area (TPSA) is 34.0 Å². The molecule has 0 amide bonds. The second kappa shape index (κ2) is 3.57. The third-order valence-corrected chi connectivity index (χ3v) is 2.71. The van der Waals surface area contributed by atoms with Crippen LogP contribution in [0, 0.1) is 0 Å². The Morgan fingerprint density at radius 3 is 2.87 bits per heavy atom. The number of nitrogens with zero attached hydrogens (tertiary/aromatic N) is 1. The second-order valence-corrected chi connectivity index (χ2v) is 4.16. The maximum absolute atomic E-state index is 11.5. The molecule has 0 spiro atoms. The highest BCUT2D eigenvalue weighted by Gasteiger charge is 2.11. The lowest BCUT2D eigenvalue weighted by Crippen LogP contribution is -2.38. The molecule has 3 heteroatoms. The van der Waals surface area contributed by atoms with Gasteiger partial charge in [0.1, 0.15) is 0 Å². The van der Waals surface area contributed by atoms with Crippen molar-refractivity contribution in [2.75, 3.05) is 6.54 Å². The van der Waals surface area contributed by atoms with Gasteiger partial charge in [0.05, 0.1) is 5.35 Å². The van der Waals surface area contributed by atoms with E-state index in [1.54, 1.807) is 6.92 Å². The molecule has 0 aliphatic carbocycles. The highest BCUT2D eigenvalue weighted by atomic mass is 16.1. The number of fused-ring (bicyclic) bond motifs is 1. The summed E-state index contributed by atoms with van der Waals surface area (Å²) in [6.45, 7) is 6.66. The van der Waals surface area contributed by atoms with Crippen LogP contribution in [0.5, 0.6) is 0 Å². The number of ketones is 1. The molecule has 1 N–H and O–H groups in total. The minimum absolute atomic E-state index is 0.136. The first-order chi connectivity index (χ1) is 7.11. The maximum Gasteiger partial charge on any atom is 0.161 e. The van der Waals surface area contributed by atoms with Crippen LogP contribution < -0.4 is 15.9 Å². The van der Waals surface area contributed by atoms with E-state index in [4.69, 9.17) is 0 Å². The molecular weight excluding hydrogens is 188 g/mol. The molecule has 0 radical (unpaired) electrons. The van der Waals surface area contributed by atoms with Crippen molar-refractivity contribution in [1.82, 2.24) is 9.88 Å². The van der Waals surface area contributed by atoms with Gasteiger partial charge in [0.15, 0.2) is 5.78 Å². The van der Waals surface area contributed by atoms with E-state index in [0.29, 0.717) is 6.04 Å². The maximum atomic E-state index is 11.5. The van der Waals surface area contributed by atoms with E-state index in [0.717, 1.165) is 22.7 Å². The number of aromatic nitrogens is 1. The SMILES string of the molecule is CC(=O)c1cn(C(C)C)c2c1=CCNC=2. The van der Waals surface area contributed by atoms with Crippen LogP contribution in [-0.2, 0) is 0 Å². The predicted molar refractivity (Wildman–Crippen MR) is 61.0 cm³/mol. The van der Waals surface area contributed by atoms with Crippen molar-refractivity contribution in [1.29, 1.82) is 0 Å². The van der Waals surface area contributed by atoms with Crippen LogP contribution in [0.4, 0.5) is 0 Å². The molecule has 0 saturated heterocycles. The summed E-state index contributed by atoms with van der Waals surface area (Å²) in [5, 5.41) is 5.37. The van der Waals surface area contributed by atoms with Crippen molar-refractivity contribution in [2.45, 2.75) is 26.8 Å². The molecule has 2 rings (SSSR count). The number of hydrogen-bond acceptors (Lipinski definition) is 2. The van der Waals surface area contributed by atoms with E-state index in [1.165, 1.54) is 0 Å². The third-order valence-electron chi connectivity index (χ3n) is 2.71. The number of nitrogens with one attached hydrogen (secondary N) is 1. The van der Waals surface area contributed by atoms with Gasteiger partial charge in [0, 0.05) is 35.8 Å². The van der Waals surface area contributed by atoms with E-state index in [-0.39, 0.29) is 5.78 Å². The highest BCUT2D eigenvalue weighted by Crippen LogP contribution is 2.02. The molecule has 15 heavy (non-hydrogen) atoms. The average Bonchev–Trinajstić information content (AvgIpc) is 2.56. The fraction of sp³-hybridized carbons (Fsp3) is 0.417. The largest absolute Gasteiger partial charge is 0.386 e. The Kier molecular flexibility index (Phi) is 2.39. The van der Waals surface area contributed by atoms with E-state index in [2.05, 4.69) is 29.8 Å². The zero-order valence-corrected chi connectivity index (χ0v) is 9.37. The lowest BCUT2D eigenvalue weighted by molar-refractivity contribution is 0.101. The minimum atomic E-state index is 0.136. The van der Waals surface area contributed by atoms with Crippen molar-refractivity contribution in [3.8, 4) is 0 Å². The lowest BCUT2D eigenvalue weighted by atomic mass is 10.2. The smallest absolute Gasteiger partial charge is 0.161 e. The zero-order chi connectivity index (χ0) is 11.0. The van der Waals surface area contributed by atoms with Crippen molar-refractivity contribution in [3.05, 3.63) is 22.3 Å². The summed E-state index contributed by atoms with van der Waals surface area (Å²) in [5.74, 6) is 0.136. The third kappa shape index (κ3) is 1.58. The Hall–Kier alpha value is -1.51. The van der Waals surface area contributed by atoms with Gasteiger partial charge >= 0.3 is 0 Å². The molecule has 1 aromatic heterocycles. The Bertz CT molecular complexity index is 508. The van der Waals surface area contributed by atoms with Crippen LogP contribution in [0.25, 0.3) is 12.3 Å². The summed E-state index contributed by atoms with van der Waals surface area (Å²) >= 11 is 0. The fourth-order valence-electron chi connectivity index (χ4n) is 1.95. The van der Waals surface area contributed by atoms with Crippen LogP contribution in [-0.4, -0.2) is 16.9 Å². The van der Waals surface area contributed by atoms with E-state index in [1.807, 2.05) is 12.4 Å². The van der Waals surface area contributed by atoms with Gasteiger partial charge in [-0.25, -0.2) is 0 Å². The standard InChI is InChI=1S/C12H16N2O/c1-8(2)14-7-11(9(3)15)10-4-5-13-6-12(10)14/h4,6-8,13H,5H2,1-3H3. The second-order valence-electron chi connectivity index (χ2n) is 4.16. The summed E-state index contributed by atoms with van der Waals surface area (Å²) in [6.07, 6.45) is 6.02. The molecule has 2 heterocycles. The van der Waals surface area contributed by atoms with Gasteiger partial charge in [-0.15, -0.1) is 0 Å². The molecule has 0 atom stereocenters. The van der Waals surface area contributed by atoms with Gasteiger partial charge < -0.3 is 9.88 Å². The van der Waals surface area contributed by atoms with E-state index >= 15 is 0 Å². The van der Waals surface area contributed by atoms with Crippen molar-refractivity contribution in [2.24, 2.45) is 0 Å². The van der Waals surface area contributed by atoms with Crippen LogP contribution in [0.3, 0.4) is 0 Å². The average molecular weight is 204 g/mol. The number of Topliss-reactive ketones (excluding diaryl/α,β-unsaturated/α-hetero) is 1. The van der Waals surface area contributed by atoms with Crippen LogP contribution in [0.2, 0.25) is 0 Å². The fourth-order valence-corrected chi connectivity index (χ4v) is 1.95. The first-order valence-electron chi connectivity index (χ1n) is 5.27. The molecule has 0 fully saturated rings. The first-order valence-corrected chi connectivity index (χ1v) is 5.27. The molecule has 1 aromatic rings. The summed E-state index contributed by atoms with van der Waals surface area (Å²) < 4.78 is 2.13. The minimum Gasteiger partial charge on any atom is -0.386 e. The molecule has 3 nitrogen and oxygen atoms in total. The normalized spacial score (nSPS) is 13.9. The van der Waals surface area contributed by atoms with E-state index < -0.39 is 0 Å². The lowest BCUT2D eigenvalue weighted by Gasteiger charge is -2.09. The predicted octanol–water partition coefficient (Wildman–Crippen LogP) is 0.393. The van der Waals surface area contributed by atoms with Crippen LogP contribution >= 0.6 is 0 Å². The van der Waals surface area contributed by atoms with Crippen molar-refractivity contribution < 1.29 is 4.79 Å². The molecule has 0 bridgehead atoms. The molecule has 1 aliphatic rings. The monoisotopic (exact) mass is 204 g/mol. The highest BCUT2D eigenvalue weighted by molar-refractivity contribution is 5.94. The molecule has 0 saturated carbocycles. The summed E-state index contributed by atoms with van der Waals surface area (Å²) in [5.41, 5.74) is 0.830. The summed E-state index contributed by atoms with van der Waals surface area (Å²) in [4.78, 5) is 11.5. The molecule has 0 aromatic carbocycles. The Balaban J connectivity index is 2.78. The molecule has 1 aliphatic heterocycles. The van der Waals surface area contributed by atoms with Gasteiger partial charge in [0.25, 0.3) is 0 Å². The van der Waals surface area contributed by atoms with Crippen molar-refractivity contribution >= 4 is 18.1 Å². The Morgan fingerprint density at radius 1 is 1.53 bits per heavy atom. The van der Waals surface area contributed by atoms with Gasteiger partial charge in [-0.2, -0.15) is 0 Å². The van der Waals surface area contributed by atoms with Crippen LogP contribution in [0.15, 0.2) is 6.20 Å². The first kappa shape index (κ1) is 10.0. The molecule has 80 valence electrons. The zero-order valence-electron chi connectivity index (χ0n) is 9.37. The quantitative estimate of drug-likeness (QED) is 0.707. The number of carbonyl (C=O) groups excluding carboxylic acids is 1. The van der Waals surface area contributed by atoms with Crippen molar-refractivity contribution in [3.63, 3.8) is 0 Å². The van der Waals surface area contributed by atoms with Gasteiger partial charge in [-0.1, -0.05) is 6.08 Å². The van der Waals surface area contributed by atoms with E-state index in [9.17, 15) is 4.79 Å². The van der Waals surface area contributed by atoms with Gasteiger partial charge in [-0.3, -0.25) is 4.79 Å². The summed E-state index contributed by atoms with van der Waals surface area (Å²) in [6, 6.07) is 0.372. The summed E-state index contributed by atoms with van der Waals surface area (Å²) in [7, 11) is 0. The number of rotatable bonds is 2. The number of hydrogen-bond donors (Lipinski definition) is 1.